The second-order valence-corrected chi connectivity index (χ2v) is 2.88. The molecule has 1 fully saturated rings. The SMILES string of the molecule is Cl.O=C(O)C1CCC(F)C(F)C1. The van der Waals surface area contributed by atoms with Gasteiger partial charge in [0.05, 0.1) is 5.92 Å². The van der Waals surface area contributed by atoms with Crippen LogP contribution in [0.5, 0.6) is 0 Å². The van der Waals surface area contributed by atoms with Crippen molar-refractivity contribution in [2.45, 2.75) is 31.6 Å². The molecule has 0 spiro atoms. The Labute approximate surface area is 75.4 Å². The normalized spacial score (nSPS) is 35.3. The Hall–Kier alpha value is -0.380. The van der Waals surface area contributed by atoms with Crippen molar-refractivity contribution < 1.29 is 18.7 Å². The van der Waals surface area contributed by atoms with Crippen molar-refractivity contribution in [1.29, 1.82) is 0 Å². The van der Waals surface area contributed by atoms with E-state index in [0.717, 1.165) is 0 Å². The fraction of sp³-hybridized carbons (Fsp3) is 0.857. The Balaban J connectivity index is 0.00000121. The first-order valence-electron chi connectivity index (χ1n) is 3.62. The maximum Gasteiger partial charge on any atom is 0.306 e. The Morgan fingerprint density at radius 3 is 2.25 bits per heavy atom. The topological polar surface area (TPSA) is 37.3 Å². The first-order chi connectivity index (χ1) is 5.11. The molecule has 1 rings (SSSR count). The monoisotopic (exact) mass is 200 g/mol. The summed E-state index contributed by atoms with van der Waals surface area (Å²) in [4.78, 5) is 10.3. The van der Waals surface area contributed by atoms with Gasteiger partial charge in [0.2, 0.25) is 0 Å². The van der Waals surface area contributed by atoms with E-state index in [-0.39, 0.29) is 31.7 Å². The second kappa shape index (κ2) is 4.60. The summed E-state index contributed by atoms with van der Waals surface area (Å²) < 4.78 is 25.0. The molecule has 0 aromatic rings. The van der Waals surface area contributed by atoms with E-state index in [1.807, 2.05) is 0 Å². The molecule has 0 heterocycles. The third-order valence-electron chi connectivity index (χ3n) is 2.04. The molecule has 12 heavy (non-hydrogen) atoms. The highest BCUT2D eigenvalue weighted by Gasteiger charge is 2.33. The van der Waals surface area contributed by atoms with Gasteiger partial charge in [-0.2, -0.15) is 0 Å². The lowest BCUT2D eigenvalue weighted by Gasteiger charge is -2.24. The van der Waals surface area contributed by atoms with E-state index in [9.17, 15) is 13.6 Å². The quantitative estimate of drug-likeness (QED) is 0.703. The molecule has 3 unspecified atom stereocenters. The summed E-state index contributed by atoms with van der Waals surface area (Å²) in [5.41, 5.74) is 0. The standard InChI is InChI=1S/C7H10F2O2.ClH/c8-5-2-1-4(7(10)11)3-6(5)9;/h4-6H,1-3H2,(H,10,11);1H. The van der Waals surface area contributed by atoms with Crippen molar-refractivity contribution in [2.75, 3.05) is 0 Å². The van der Waals surface area contributed by atoms with Crippen LogP contribution in [0, 0.1) is 5.92 Å². The van der Waals surface area contributed by atoms with Gasteiger partial charge in [-0.1, -0.05) is 0 Å². The van der Waals surface area contributed by atoms with Gasteiger partial charge in [0.1, 0.15) is 12.3 Å². The van der Waals surface area contributed by atoms with Crippen molar-refractivity contribution in [1.82, 2.24) is 0 Å². The third-order valence-corrected chi connectivity index (χ3v) is 2.04. The molecule has 5 heteroatoms. The van der Waals surface area contributed by atoms with Gasteiger partial charge in [-0.3, -0.25) is 4.79 Å². The molecule has 0 saturated heterocycles. The van der Waals surface area contributed by atoms with Crippen LogP contribution in [0.4, 0.5) is 8.78 Å². The molecule has 72 valence electrons. The van der Waals surface area contributed by atoms with Gasteiger partial charge >= 0.3 is 5.97 Å². The fourth-order valence-corrected chi connectivity index (χ4v) is 1.30. The molecule has 0 aromatic heterocycles. The van der Waals surface area contributed by atoms with E-state index in [0.29, 0.717) is 0 Å². The lowest BCUT2D eigenvalue weighted by molar-refractivity contribution is -0.144. The molecule has 0 bridgehead atoms. The average Bonchev–Trinajstić information content (AvgIpc) is 1.94. The van der Waals surface area contributed by atoms with Crippen LogP contribution in [0.1, 0.15) is 19.3 Å². The lowest BCUT2D eigenvalue weighted by atomic mass is 9.87. The van der Waals surface area contributed by atoms with Crippen LogP contribution < -0.4 is 0 Å². The molecule has 1 aliphatic rings. The number of aliphatic carboxylic acids is 1. The van der Waals surface area contributed by atoms with Gasteiger partial charge in [-0.15, -0.1) is 12.4 Å². The molecule has 0 amide bonds. The molecule has 2 nitrogen and oxygen atoms in total. The first kappa shape index (κ1) is 11.6. The molecule has 3 atom stereocenters. The summed E-state index contributed by atoms with van der Waals surface area (Å²) in [5, 5.41) is 8.45. The Morgan fingerprint density at radius 2 is 1.83 bits per heavy atom. The van der Waals surface area contributed by atoms with Crippen LogP contribution in [0.15, 0.2) is 0 Å². The molecular formula is C7H11ClF2O2. The van der Waals surface area contributed by atoms with E-state index in [4.69, 9.17) is 5.11 Å². The molecular weight excluding hydrogens is 190 g/mol. The Morgan fingerprint density at radius 1 is 1.25 bits per heavy atom. The summed E-state index contributed by atoms with van der Waals surface area (Å²) in [7, 11) is 0. The predicted molar refractivity (Wildman–Crippen MR) is 42.0 cm³/mol. The van der Waals surface area contributed by atoms with Crippen LogP contribution in [0.3, 0.4) is 0 Å². The molecule has 1 aliphatic carbocycles. The summed E-state index contributed by atoms with van der Waals surface area (Å²) in [5.74, 6) is -1.70. The zero-order valence-corrected chi connectivity index (χ0v) is 7.19. The highest BCUT2D eigenvalue weighted by molar-refractivity contribution is 5.85. The minimum absolute atomic E-state index is 0. The van der Waals surface area contributed by atoms with Gasteiger partial charge < -0.3 is 5.11 Å². The minimum atomic E-state index is -1.58. The number of carbonyl (C=O) groups is 1. The van der Waals surface area contributed by atoms with Crippen molar-refractivity contribution in [3.05, 3.63) is 0 Å². The molecule has 0 aliphatic heterocycles. The zero-order valence-electron chi connectivity index (χ0n) is 6.37. The maximum absolute atomic E-state index is 12.5. The minimum Gasteiger partial charge on any atom is -0.481 e. The molecule has 1 N–H and O–H groups in total. The third kappa shape index (κ3) is 2.59. The highest BCUT2D eigenvalue weighted by atomic mass is 35.5. The highest BCUT2D eigenvalue weighted by Crippen LogP contribution is 2.28. The predicted octanol–water partition coefficient (Wildman–Crippen LogP) is 1.97. The van der Waals surface area contributed by atoms with Gasteiger partial charge in [0.15, 0.2) is 0 Å². The average molecular weight is 201 g/mol. The summed E-state index contributed by atoms with van der Waals surface area (Å²) in [6.45, 7) is 0. The van der Waals surface area contributed by atoms with Crippen LogP contribution in [0.2, 0.25) is 0 Å². The van der Waals surface area contributed by atoms with Gasteiger partial charge in [0, 0.05) is 0 Å². The summed E-state index contributed by atoms with van der Waals surface area (Å²) in [6.07, 6.45) is -2.90. The number of hydrogen-bond acceptors (Lipinski definition) is 1. The fourth-order valence-electron chi connectivity index (χ4n) is 1.30. The van der Waals surface area contributed by atoms with Crippen molar-refractivity contribution >= 4 is 18.4 Å². The zero-order chi connectivity index (χ0) is 8.43. The second-order valence-electron chi connectivity index (χ2n) is 2.88. The largest absolute Gasteiger partial charge is 0.481 e. The number of carboxylic acid groups (broad SMARTS) is 1. The molecule has 1 saturated carbocycles. The van der Waals surface area contributed by atoms with Crippen LogP contribution >= 0.6 is 12.4 Å². The van der Waals surface area contributed by atoms with Gasteiger partial charge in [-0.05, 0) is 19.3 Å². The lowest BCUT2D eigenvalue weighted by Crippen LogP contribution is -2.31. The van der Waals surface area contributed by atoms with Crippen LogP contribution in [-0.2, 0) is 4.79 Å². The number of halogens is 3. The van der Waals surface area contributed by atoms with E-state index in [1.54, 1.807) is 0 Å². The summed E-state index contributed by atoms with van der Waals surface area (Å²) >= 11 is 0. The smallest absolute Gasteiger partial charge is 0.306 e. The van der Waals surface area contributed by atoms with Gasteiger partial charge in [0.25, 0.3) is 0 Å². The van der Waals surface area contributed by atoms with E-state index >= 15 is 0 Å². The molecule has 0 aromatic carbocycles. The van der Waals surface area contributed by atoms with Crippen molar-refractivity contribution in [3.63, 3.8) is 0 Å². The van der Waals surface area contributed by atoms with E-state index in [1.165, 1.54) is 0 Å². The number of carboxylic acids is 1. The van der Waals surface area contributed by atoms with Crippen LogP contribution in [-0.4, -0.2) is 23.4 Å². The van der Waals surface area contributed by atoms with Crippen molar-refractivity contribution in [2.24, 2.45) is 5.92 Å². The Kier molecular flexibility index (Phi) is 4.45. The van der Waals surface area contributed by atoms with E-state index < -0.39 is 24.2 Å². The van der Waals surface area contributed by atoms with Crippen molar-refractivity contribution in [3.8, 4) is 0 Å². The maximum atomic E-state index is 12.5. The number of rotatable bonds is 1. The first-order valence-corrected chi connectivity index (χ1v) is 3.62. The van der Waals surface area contributed by atoms with E-state index in [2.05, 4.69) is 0 Å². The number of alkyl halides is 2. The van der Waals surface area contributed by atoms with Crippen LogP contribution in [0.25, 0.3) is 0 Å². The number of hydrogen-bond donors (Lipinski definition) is 1. The van der Waals surface area contributed by atoms with Gasteiger partial charge in [-0.25, -0.2) is 8.78 Å². The molecule has 0 radical (unpaired) electrons. The Bertz CT molecular complexity index is 165. The summed E-state index contributed by atoms with van der Waals surface area (Å²) in [6, 6.07) is 0.